The number of nitrogens with one attached hydrogen (secondary N) is 1. The molecule has 1 N–H and O–H groups in total. The van der Waals surface area contributed by atoms with Crippen molar-refractivity contribution in [3.8, 4) is 0 Å². The van der Waals surface area contributed by atoms with Crippen molar-refractivity contribution in [2.75, 3.05) is 51.6 Å². The predicted octanol–water partition coefficient (Wildman–Crippen LogP) is 2.58. The van der Waals surface area contributed by atoms with E-state index in [2.05, 4.69) is 26.6 Å². The maximum atomic E-state index is 12.6. The molecule has 0 bridgehead atoms. The summed E-state index contributed by atoms with van der Waals surface area (Å²) in [4.78, 5) is 32.4. The number of hydrogen-bond donors (Lipinski definition) is 1. The van der Waals surface area contributed by atoms with E-state index in [0.717, 1.165) is 36.4 Å². The zero-order valence-corrected chi connectivity index (χ0v) is 18.3. The Hall–Kier alpha value is -2.22. The first-order valence-electron chi connectivity index (χ1n) is 9.99. The molecule has 1 aromatic heterocycles. The lowest BCUT2D eigenvalue weighted by Crippen LogP contribution is -2.52. The van der Waals surface area contributed by atoms with E-state index in [1.807, 2.05) is 50.1 Å². The average molecular weight is 415 g/mol. The normalized spacial score (nSPS) is 15.0. The van der Waals surface area contributed by atoms with Crippen LogP contribution < -0.4 is 5.32 Å². The molecule has 1 aliphatic rings. The van der Waals surface area contributed by atoms with Gasteiger partial charge in [-0.3, -0.25) is 19.4 Å². The number of carbonyl (C=O) groups is 2. The summed E-state index contributed by atoms with van der Waals surface area (Å²) in [7, 11) is 1.98. The minimum atomic E-state index is -0.00198. The lowest BCUT2D eigenvalue weighted by atomic mass is 10.1. The summed E-state index contributed by atoms with van der Waals surface area (Å²) < 4.78 is 0. The smallest absolute Gasteiger partial charge is 0.238 e. The van der Waals surface area contributed by atoms with Crippen LogP contribution in [0, 0.1) is 13.8 Å². The average Bonchev–Trinajstić information content (AvgIpc) is 3.18. The highest BCUT2D eigenvalue weighted by Gasteiger charge is 2.23. The summed E-state index contributed by atoms with van der Waals surface area (Å²) in [5.74, 6) is 0.154. The Morgan fingerprint density at radius 2 is 1.76 bits per heavy atom. The lowest BCUT2D eigenvalue weighted by molar-refractivity contribution is -0.134. The van der Waals surface area contributed by atoms with Crippen LogP contribution in [-0.2, 0) is 16.1 Å². The number of amides is 2. The molecular formula is C22H30N4O2S. The summed E-state index contributed by atoms with van der Waals surface area (Å²) in [5.41, 5.74) is 3.04. The molecular weight excluding hydrogens is 384 g/mol. The van der Waals surface area contributed by atoms with Gasteiger partial charge < -0.3 is 10.2 Å². The molecule has 7 heteroatoms. The Morgan fingerprint density at radius 3 is 2.38 bits per heavy atom. The maximum absolute atomic E-state index is 12.6. The third-order valence-electron chi connectivity index (χ3n) is 5.25. The van der Waals surface area contributed by atoms with Crippen LogP contribution in [0.1, 0.15) is 16.0 Å². The van der Waals surface area contributed by atoms with Crippen LogP contribution in [0.15, 0.2) is 35.7 Å². The van der Waals surface area contributed by atoms with Gasteiger partial charge in [-0.15, -0.1) is 11.3 Å². The molecule has 0 aliphatic carbocycles. The van der Waals surface area contributed by atoms with Crippen LogP contribution in [0.4, 0.5) is 5.69 Å². The van der Waals surface area contributed by atoms with Crippen molar-refractivity contribution in [3.63, 3.8) is 0 Å². The molecule has 1 aromatic carbocycles. The summed E-state index contributed by atoms with van der Waals surface area (Å²) in [6.45, 7) is 8.36. The maximum Gasteiger partial charge on any atom is 0.238 e. The van der Waals surface area contributed by atoms with Gasteiger partial charge in [-0.2, -0.15) is 0 Å². The second kappa shape index (κ2) is 10.0. The van der Waals surface area contributed by atoms with E-state index >= 15 is 0 Å². The largest absolute Gasteiger partial charge is 0.339 e. The third kappa shape index (κ3) is 6.13. The van der Waals surface area contributed by atoms with Crippen LogP contribution in [0.25, 0.3) is 0 Å². The van der Waals surface area contributed by atoms with Gasteiger partial charge in [0.25, 0.3) is 0 Å². The zero-order chi connectivity index (χ0) is 20.8. The molecule has 0 radical (unpaired) electrons. The van der Waals surface area contributed by atoms with Gasteiger partial charge >= 0.3 is 0 Å². The van der Waals surface area contributed by atoms with Gasteiger partial charge in [-0.1, -0.05) is 24.3 Å². The number of rotatable bonds is 7. The fraction of sp³-hybridized carbons (Fsp3) is 0.455. The molecule has 6 nitrogen and oxygen atoms in total. The van der Waals surface area contributed by atoms with E-state index in [0.29, 0.717) is 26.2 Å². The lowest BCUT2D eigenvalue weighted by Gasteiger charge is -2.35. The summed E-state index contributed by atoms with van der Waals surface area (Å²) in [5, 5.41) is 5.10. The van der Waals surface area contributed by atoms with Crippen molar-refractivity contribution in [3.05, 3.63) is 51.7 Å². The number of carbonyl (C=O) groups excluding carboxylic acids is 2. The van der Waals surface area contributed by atoms with Crippen LogP contribution >= 0.6 is 11.3 Å². The van der Waals surface area contributed by atoms with E-state index in [1.54, 1.807) is 11.3 Å². The minimum Gasteiger partial charge on any atom is -0.339 e. The molecule has 2 aromatic rings. The molecule has 156 valence electrons. The zero-order valence-electron chi connectivity index (χ0n) is 17.5. The molecule has 1 saturated heterocycles. The van der Waals surface area contributed by atoms with Crippen molar-refractivity contribution in [2.45, 2.75) is 20.4 Å². The number of nitrogens with zero attached hydrogens (tertiary/aromatic N) is 3. The van der Waals surface area contributed by atoms with Crippen LogP contribution in [-0.4, -0.2) is 72.8 Å². The Labute approximate surface area is 177 Å². The van der Waals surface area contributed by atoms with E-state index in [4.69, 9.17) is 0 Å². The highest BCUT2D eigenvalue weighted by Crippen LogP contribution is 2.19. The summed E-state index contributed by atoms with van der Waals surface area (Å²) in [6.07, 6.45) is 0. The first kappa shape index (κ1) is 21.5. The van der Waals surface area contributed by atoms with Gasteiger partial charge in [0.05, 0.1) is 13.1 Å². The predicted molar refractivity (Wildman–Crippen MR) is 118 cm³/mol. The highest BCUT2D eigenvalue weighted by molar-refractivity contribution is 7.09. The fourth-order valence-electron chi connectivity index (χ4n) is 3.60. The molecule has 0 spiro atoms. The molecule has 2 amide bonds. The van der Waals surface area contributed by atoms with E-state index < -0.39 is 0 Å². The first-order valence-corrected chi connectivity index (χ1v) is 10.9. The quantitative estimate of drug-likeness (QED) is 0.757. The number of likely N-dealkylation sites (N-methyl/N-ethyl adjacent to an activating group) is 1. The second-order valence-corrected chi connectivity index (χ2v) is 8.76. The molecule has 0 atom stereocenters. The van der Waals surface area contributed by atoms with Crippen molar-refractivity contribution < 1.29 is 9.59 Å². The fourth-order valence-corrected chi connectivity index (χ4v) is 4.39. The highest BCUT2D eigenvalue weighted by atomic mass is 32.1. The standard InChI is InChI=1S/C22H30N4O2S/c1-17-6-4-7-18(2)22(17)23-20(27)15-25-9-11-26(12-10-25)21(28)16-24(3)14-19-8-5-13-29-19/h4-8,13H,9-12,14-16H2,1-3H3,(H,23,27). The first-order chi connectivity index (χ1) is 13.9. The molecule has 2 heterocycles. The Morgan fingerprint density at radius 1 is 1.07 bits per heavy atom. The third-order valence-corrected chi connectivity index (χ3v) is 6.11. The number of benzene rings is 1. The van der Waals surface area contributed by atoms with Gasteiger partial charge in [0.15, 0.2) is 0 Å². The van der Waals surface area contributed by atoms with Crippen molar-refractivity contribution >= 4 is 28.8 Å². The molecule has 29 heavy (non-hydrogen) atoms. The molecule has 0 unspecified atom stereocenters. The molecule has 1 aliphatic heterocycles. The van der Waals surface area contributed by atoms with Gasteiger partial charge in [0.1, 0.15) is 0 Å². The van der Waals surface area contributed by atoms with Crippen molar-refractivity contribution in [1.82, 2.24) is 14.7 Å². The number of anilines is 1. The van der Waals surface area contributed by atoms with E-state index in [-0.39, 0.29) is 11.8 Å². The number of thiophene rings is 1. The Kier molecular flexibility index (Phi) is 7.41. The Bertz CT molecular complexity index is 809. The summed E-state index contributed by atoms with van der Waals surface area (Å²) >= 11 is 1.71. The number of para-hydroxylation sites is 1. The molecule has 3 rings (SSSR count). The number of aryl methyl sites for hydroxylation is 2. The van der Waals surface area contributed by atoms with Gasteiger partial charge in [0.2, 0.25) is 11.8 Å². The number of piperazine rings is 1. The van der Waals surface area contributed by atoms with Gasteiger partial charge in [0, 0.05) is 43.3 Å². The van der Waals surface area contributed by atoms with E-state index in [1.165, 1.54) is 4.88 Å². The SMILES string of the molecule is Cc1cccc(C)c1NC(=O)CN1CCN(C(=O)CN(C)Cc2cccs2)CC1. The monoisotopic (exact) mass is 414 g/mol. The molecule has 0 saturated carbocycles. The minimum absolute atomic E-state index is 0.00198. The van der Waals surface area contributed by atoms with Crippen molar-refractivity contribution in [1.29, 1.82) is 0 Å². The van der Waals surface area contributed by atoms with Crippen LogP contribution in [0.5, 0.6) is 0 Å². The number of hydrogen-bond acceptors (Lipinski definition) is 5. The van der Waals surface area contributed by atoms with Crippen LogP contribution in [0.3, 0.4) is 0 Å². The topological polar surface area (TPSA) is 55.9 Å². The van der Waals surface area contributed by atoms with Crippen LogP contribution in [0.2, 0.25) is 0 Å². The van der Waals surface area contributed by atoms with Gasteiger partial charge in [-0.05, 0) is 43.5 Å². The van der Waals surface area contributed by atoms with E-state index in [9.17, 15) is 9.59 Å². The summed E-state index contributed by atoms with van der Waals surface area (Å²) in [6, 6.07) is 10.1. The van der Waals surface area contributed by atoms with Crippen molar-refractivity contribution in [2.24, 2.45) is 0 Å². The molecule has 1 fully saturated rings. The van der Waals surface area contributed by atoms with Gasteiger partial charge in [-0.25, -0.2) is 0 Å². The second-order valence-electron chi connectivity index (χ2n) is 7.72. The Balaban J connectivity index is 1.41.